The molecule has 0 spiro atoms. The molecule has 0 heterocycles. The van der Waals surface area contributed by atoms with Crippen LogP contribution < -0.4 is 15.3 Å². The van der Waals surface area contributed by atoms with E-state index in [1.165, 1.54) is 10.6 Å². The first kappa shape index (κ1) is 13.0. The minimum atomic E-state index is 0. The predicted molar refractivity (Wildman–Crippen MR) is 74.3 cm³/mol. The van der Waals surface area contributed by atoms with Gasteiger partial charge < -0.3 is 4.74 Å². The summed E-state index contributed by atoms with van der Waals surface area (Å²) in [4.78, 5) is 0. The smallest absolute Gasteiger partial charge is 0.126 e. The lowest BCUT2D eigenvalue weighted by Gasteiger charge is -2.07. The van der Waals surface area contributed by atoms with Crippen molar-refractivity contribution in [3.63, 3.8) is 0 Å². The van der Waals surface area contributed by atoms with Gasteiger partial charge in [0.05, 0.1) is 7.11 Å². The lowest BCUT2D eigenvalue weighted by atomic mass is 10.3. The Morgan fingerprint density at radius 3 is 2.19 bits per heavy atom. The van der Waals surface area contributed by atoms with Crippen molar-refractivity contribution in [2.45, 2.75) is 0 Å². The average molecular weight is 253 g/mol. The Balaban J connectivity index is 0.00000128. The quantitative estimate of drug-likeness (QED) is 0.764. The van der Waals surface area contributed by atoms with E-state index in [2.05, 4.69) is 30.3 Å². The number of benzene rings is 2. The van der Waals surface area contributed by atoms with Gasteiger partial charge >= 0.3 is 0 Å². The van der Waals surface area contributed by atoms with E-state index in [0.29, 0.717) is 8.58 Å². The standard InChI is InChI=1S/C13H13OP.ClH/c1-14-12-9-5-6-10-13(12)15-11-7-3-2-4-8-11;/h2-10,15H,1H3;1H. The van der Waals surface area contributed by atoms with Crippen molar-refractivity contribution in [1.29, 1.82) is 0 Å². The highest BCUT2D eigenvalue weighted by atomic mass is 35.5. The van der Waals surface area contributed by atoms with Gasteiger partial charge in [0.15, 0.2) is 0 Å². The number of hydrogen-bond donors (Lipinski definition) is 0. The lowest BCUT2D eigenvalue weighted by molar-refractivity contribution is 0.418. The zero-order valence-corrected chi connectivity index (χ0v) is 10.8. The Labute approximate surface area is 104 Å². The first-order chi connectivity index (χ1) is 7.40. The predicted octanol–water partition coefficient (Wildman–Crippen LogP) is 2.75. The summed E-state index contributed by atoms with van der Waals surface area (Å²) in [5.41, 5.74) is 0. The molecular formula is C13H14ClOP. The van der Waals surface area contributed by atoms with E-state index in [0.717, 1.165) is 5.75 Å². The third-order valence-electron chi connectivity index (χ3n) is 2.16. The van der Waals surface area contributed by atoms with Crippen molar-refractivity contribution in [3.8, 4) is 5.75 Å². The summed E-state index contributed by atoms with van der Waals surface area (Å²) in [6.07, 6.45) is 0. The molecule has 84 valence electrons. The van der Waals surface area contributed by atoms with E-state index in [1.807, 2.05) is 24.3 Å². The van der Waals surface area contributed by atoms with E-state index in [4.69, 9.17) is 4.74 Å². The maximum Gasteiger partial charge on any atom is 0.126 e. The number of para-hydroxylation sites is 1. The first-order valence-corrected chi connectivity index (χ1v) is 5.85. The molecular weight excluding hydrogens is 239 g/mol. The van der Waals surface area contributed by atoms with E-state index in [9.17, 15) is 0 Å². The largest absolute Gasteiger partial charge is 0.496 e. The van der Waals surface area contributed by atoms with Gasteiger partial charge in [0, 0.05) is 5.30 Å². The fourth-order valence-corrected chi connectivity index (χ4v) is 2.58. The minimum absolute atomic E-state index is 0. The maximum absolute atomic E-state index is 5.32. The number of halogens is 1. The molecule has 1 unspecified atom stereocenters. The molecule has 2 rings (SSSR count). The Morgan fingerprint density at radius 1 is 0.875 bits per heavy atom. The third-order valence-corrected chi connectivity index (χ3v) is 3.46. The van der Waals surface area contributed by atoms with Crippen molar-refractivity contribution in [3.05, 3.63) is 54.6 Å². The molecule has 1 atom stereocenters. The van der Waals surface area contributed by atoms with Gasteiger partial charge in [-0.25, -0.2) is 0 Å². The van der Waals surface area contributed by atoms with Gasteiger partial charge in [0.25, 0.3) is 0 Å². The van der Waals surface area contributed by atoms with Crippen LogP contribution in [0.15, 0.2) is 54.6 Å². The molecule has 3 heteroatoms. The van der Waals surface area contributed by atoms with Crippen LogP contribution >= 0.6 is 21.0 Å². The molecule has 2 aromatic carbocycles. The van der Waals surface area contributed by atoms with Crippen molar-refractivity contribution < 1.29 is 4.74 Å². The lowest BCUT2D eigenvalue weighted by Crippen LogP contribution is -2.05. The summed E-state index contributed by atoms with van der Waals surface area (Å²) >= 11 is 0. The molecule has 0 bridgehead atoms. The van der Waals surface area contributed by atoms with E-state index in [1.54, 1.807) is 7.11 Å². The van der Waals surface area contributed by atoms with Crippen molar-refractivity contribution in [2.75, 3.05) is 7.11 Å². The third kappa shape index (κ3) is 3.23. The van der Waals surface area contributed by atoms with Gasteiger partial charge in [-0.05, 0) is 11.4 Å². The van der Waals surface area contributed by atoms with Crippen LogP contribution in [0.4, 0.5) is 0 Å². The van der Waals surface area contributed by atoms with Crippen molar-refractivity contribution in [1.82, 2.24) is 0 Å². The molecule has 0 aliphatic rings. The number of rotatable bonds is 3. The molecule has 1 nitrogen and oxygen atoms in total. The van der Waals surface area contributed by atoms with Gasteiger partial charge in [-0.2, -0.15) is 0 Å². The molecule has 0 saturated carbocycles. The fourth-order valence-electron chi connectivity index (χ4n) is 1.42. The van der Waals surface area contributed by atoms with Crippen LogP contribution in [-0.2, 0) is 0 Å². The molecule has 2 aromatic rings. The number of hydrogen-bond acceptors (Lipinski definition) is 1. The summed E-state index contributed by atoms with van der Waals surface area (Å²) in [5.74, 6) is 0.972. The van der Waals surface area contributed by atoms with Crippen LogP contribution in [0.2, 0.25) is 0 Å². The Kier molecular flexibility index (Phi) is 5.31. The molecule has 0 N–H and O–H groups in total. The molecule has 0 fully saturated rings. The van der Waals surface area contributed by atoms with Gasteiger partial charge in [-0.1, -0.05) is 57.1 Å². The second kappa shape index (κ2) is 6.52. The Hall–Kier alpha value is -1.04. The molecule has 16 heavy (non-hydrogen) atoms. The zero-order chi connectivity index (χ0) is 10.5. The Bertz CT molecular complexity index is 431. The summed E-state index contributed by atoms with van der Waals surface area (Å²) in [6, 6.07) is 18.6. The topological polar surface area (TPSA) is 9.23 Å². The summed E-state index contributed by atoms with van der Waals surface area (Å²) in [7, 11) is 2.37. The van der Waals surface area contributed by atoms with E-state index >= 15 is 0 Å². The number of ether oxygens (including phenoxy) is 1. The van der Waals surface area contributed by atoms with Crippen LogP contribution in [0, 0.1) is 0 Å². The first-order valence-electron chi connectivity index (χ1n) is 4.85. The van der Waals surface area contributed by atoms with Crippen LogP contribution in [0.25, 0.3) is 0 Å². The highest BCUT2D eigenvalue weighted by Gasteiger charge is 2.01. The fraction of sp³-hybridized carbons (Fsp3) is 0.0769. The molecule has 0 aromatic heterocycles. The SMILES string of the molecule is COc1ccccc1Pc1ccccc1.Cl. The van der Waals surface area contributed by atoms with Crippen LogP contribution in [0.5, 0.6) is 5.75 Å². The van der Waals surface area contributed by atoms with E-state index < -0.39 is 0 Å². The number of methoxy groups -OCH3 is 1. The molecule has 0 saturated heterocycles. The average Bonchev–Trinajstić information content (AvgIpc) is 2.31. The van der Waals surface area contributed by atoms with Crippen LogP contribution in [0.1, 0.15) is 0 Å². The van der Waals surface area contributed by atoms with Gasteiger partial charge in [-0.3, -0.25) is 0 Å². The van der Waals surface area contributed by atoms with Gasteiger partial charge in [0.1, 0.15) is 5.75 Å². The highest BCUT2D eigenvalue weighted by molar-refractivity contribution is 7.55. The minimum Gasteiger partial charge on any atom is -0.496 e. The molecule has 0 amide bonds. The monoisotopic (exact) mass is 252 g/mol. The summed E-state index contributed by atoms with van der Waals surface area (Å²) in [5, 5.41) is 2.59. The van der Waals surface area contributed by atoms with Crippen LogP contribution in [0.3, 0.4) is 0 Å². The maximum atomic E-state index is 5.32. The zero-order valence-electron chi connectivity index (χ0n) is 9.01. The summed E-state index contributed by atoms with van der Waals surface area (Å²) < 4.78 is 5.32. The Morgan fingerprint density at radius 2 is 1.50 bits per heavy atom. The summed E-state index contributed by atoms with van der Waals surface area (Å²) in [6.45, 7) is 0. The molecule has 0 aliphatic carbocycles. The van der Waals surface area contributed by atoms with Gasteiger partial charge in [-0.15, -0.1) is 12.4 Å². The molecule has 0 radical (unpaired) electrons. The second-order valence-corrected chi connectivity index (χ2v) is 4.56. The molecule has 0 aliphatic heterocycles. The van der Waals surface area contributed by atoms with Gasteiger partial charge in [0.2, 0.25) is 0 Å². The van der Waals surface area contributed by atoms with Crippen LogP contribution in [-0.4, -0.2) is 7.11 Å². The van der Waals surface area contributed by atoms with Crippen molar-refractivity contribution >= 4 is 31.6 Å². The van der Waals surface area contributed by atoms with Crippen molar-refractivity contribution in [2.24, 2.45) is 0 Å². The normalized spacial score (nSPS) is 10.1. The van der Waals surface area contributed by atoms with E-state index in [-0.39, 0.29) is 12.4 Å². The highest BCUT2D eigenvalue weighted by Crippen LogP contribution is 2.18. The second-order valence-electron chi connectivity index (χ2n) is 3.19.